The summed E-state index contributed by atoms with van der Waals surface area (Å²) in [5.41, 5.74) is 8.22. The zero-order valence-electron chi connectivity index (χ0n) is 11.1. The number of ether oxygens (including phenoxy) is 2. The highest BCUT2D eigenvalue weighted by atomic mass is 16.5. The third kappa shape index (κ3) is 3.66. The number of hydrogen-bond donors (Lipinski definition) is 1. The van der Waals surface area contributed by atoms with E-state index in [0.29, 0.717) is 19.2 Å². The molecule has 5 heteroatoms. The Balaban J connectivity index is 2.03. The van der Waals surface area contributed by atoms with Gasteiger partial charge < -0.3 is 15.2 Å². The van der Waals surface area contributed by atoms with Gasteiger partial charge in [-0.25, -0.2) is 4.98 Å². The second-order valence-corrected chi connectivity index (χ2v) is 4.12. The third-order valence-electron chi connectivity index (χ3n) is 2.62. The van der Waals surface area contributed by atoms with E-state index in [1.807, 2.05) is 37.3 Å². The number of hydrogen-bond acceptors (Lipinski definition) is 5. The van der Waals surface area contributed by atoms with Crippen LogP contribution in [0.2, 0.25) is 0 Å². The molecule has 19 heavy (non-hydrogen) atoms. The van der Waals surface area contributed by atoms with E-state index in [2.05, 4.69) is 9.97 Å². The van der Waals surface area contributed by atoms with Gasteiger partial charge in [0.25, 0.3) is 0 Å². The molecule has 5 nitrogen and oxygen atoms in total. The van der Waals surface area contributed by atoms with Crippen LogP contribution in [-0.2, 0) is 13.2 Å². The summed E-state index contributed by atoms with van der Waals surface area (Å²) < 4.78 is 10.7. The van der Waals surface area contributed by atoms with Gasteiger partial charge in [0.15, 0.2) is 0 Å². The molecule has 0 spiro atoms. The SMILES string of the molecule is COc1ccc(COc2nc(C)cc(CN)n2)cc1. The summed E-state index contributed by atoms with van der Waals surface area (Å²) in [5.74, 6) is 0.820. The molecule has 0 unspecified atom stereocenters. The number of aromatic nitrogens is 2. The first kappa shape index (κ1) is 13.3. The maximum atomic E-state index is 5.57. The maximum absolute atomic E-state index is 5.57. The van der Waals surface area contributed by atoms with Crippen LogP contribution in [0.5, 0.6) is 11.8 Å². The molecule has 2 N–H and O–H groups in total. The van der Waals surface area contributed by atoms with Gasteiger partial charge in [0, 0.05) is 12.2 Å². The van der Waals surface area contributed by atoms with Crippen molar-refractivity contribution in [2.45, 2.75) is 20.1 Å². The van der Waals surface area contributed by atoms with Crippen molar-refractivity contribution in [3.05, 3.63) is 47.3 Å². The van der Waals surface area contributed by atoms with Crippen molar-refractivity contribution in [3.8, 4) is 11.8 Å². The zero-order valence-corrected chi connectivity index (χ0v) is 11.1. The average molecular weight is 259 g/mol. The van der Waals surface area contributed by atoms with Crippen molar-refractivity contribution in [3.63, 3.8) is 0 Å². The minimum atomic E-state index is 0.358. The van der Waals surface area contributed by atoms with Crippen LogP contribution in [0.3, 0.4) is 0 Å². The van der Waals surface area contributed by atoms with Gasteiger partial charge in [0.05, 0.1) is 12.8 Å². The highest BCUT2D eigenvalue weighted by molar-refractivity contribution is 5.27. The quantitative estimate of drug-likeness (QED) is 0.887. The summed E-state index contributed by atoms with van der Waals surface area (Å²) in [6.07, 6.45) is 0. The minimum absolute atomic E-state index is 0.358. The number of rotatable bonds is 5. The van der Waals surface area contributed by atoms with Gasteiger partial charge >= 0.3 is 6.01 Å². The highest BCUT2D eigenvalue weighted by Crippen LogP contribution is 2.13. The second kappa shape index (κ2) is 6.15. The first-order chi connectivity index (χ1) is 9.21. The van der Waals surface area contributed by atoms with Gasteiger partial charge in [-0.05, 0) is 30.7 Å². The lowest BCUT2D eigenvalue weighted by Gasteiger charge is -2.07. The van der Waals surface area contributed by atoms with Crippen molar-refractivity contribution >= 4 is 0 Å². The number of methoxy groups -OCH3 is 1. The van der Waals surface area contributed by atoms with Crippen LogP contribution in [0, 0.1) is 6.92 Å². The van der Waals surface area contributed by atoms with E-state index in [4.69, 9.17) is 15.2 Å². The van der Waals surface area contributed by atoms with E-state index in [-0.39, 0.29) is 0 Å². The Bertz CT molecular complexity index is 541. The molecule has 0 aliphatic carbocycles. The fourth-order valence-corrected chi connectivity index (χ4v) is 1.64. The second-order valence-electron chi connectivity index (χ2n) is 4.12. The van der Waals surface area contributed by atoms with E-state index >= 15 is 0 Å². The predicted molar refractivity (Wildman–Crippen MR) is 72.0 cm³/mol. The largest absolute Gasteiger partial charge is 0.497 e. The monoisotopic (exact) mass is 259 g/mol. The Morgan fingerprint density at radius 3 is 2.53 bits per heavy atom. The molecule has 0 atom stereocenters. The first-order valence-electron chi connectivity index (χ1n) is 6.01. The summed E-state index contributed by atoms with van der Waals surface area (Å²) in [6.45, 7) is 2.68. The fraction of sp³-hybridized carbons (Fsp3) is 0.286. The average Bonchev–Trinajstić information content (AvgIpc) is 2.45. The number of nitrogens with two attached hydrogens (primary N) is 1. The number of aryl methyl sites for hydroxylation is 1. The van der Waals surface area contributed by atoms with Crippen LogP contribution in [0.15, 0.2) is 30.3 Å². The highest BCUT2D eigenvalue weighted by Gasteiger charge is 2.03. The molecule has 0 saturated carbocycles. The van der Waals surface area contributed by atoms with Gasteiger partial charge in [0.1, 0.15) is 12.4 Å². The van der Waals surface area contributed by atoms with Crippen molar-refractivity contribution in [2.24, 2.45) is 5.73 Å². The molecule has 100 valence electrons. The van der Waals surface area contributed by atoms with Gasteiger partial charge in [-0.15, -0.1) is 0 Å². The van der Waals surface area contributed by atoms with Crippen LogP contribution in [0.25, 0.3) is 0 Å². The summed E-state index contributed by atoms with van der Waals surface area (Å²) in [7, 11) is 1.64. The van der Waals surface area contributed by atoms with E-state index in [1.165, 1.54) is 0 Å². The summed E-state index contributed by atoms with van der Waals surface area (Å²) in [5, 5.41) is 0. The topological polar surface area (TPSA) is 70.3 Å². The molecule has 0 radical (unpaired) electrons. The van der Waals surface area contributed by atoms with Crippen LogP contribution >= 0.6 is 0 Å². The smallest absolute Gasteiger partial charge is 0.317 e. The van der Waals surface area contributed by atoms with E-state index in [1.54, 1.807) is 7.11 Å². The molecule has 1 aromatic heterocycles. The standard InChI is InChI=1S/C14H17N3O2/c1-10-7-12(8-15)17-14(16-10)19-9-11-3-5-13(18-2)6-4-11/h3-7H,8-9,15H2,1-2H3. The van der Waals surface area contributed by atoms with Crippen molar-refractivity contribution < 1.29 is 9.47 Å². The summed E-state index contributed by atoms with van der Waals surface area (Å²) in [6, 6.07) is 9.87. The fourth-order valence-electron chi connectivity index (χ4n) is 1.64. The van der Waals surface area contributed by atoms with Crippen molar-refractivity contribution in [2.75, 3.05) is 7.11 Å². The molecule has 0 amide bonds. The number of nitrogens with zero attached hydrogens (tertiary/aromatic N) is 2. The van der Waals surface area contributed by atoms with Crippen LogP contribution in [0.1, 0.15) is 17.0 Å². The van der Waals surface area contributed by atoms with E-state index < -0.39 is 0 Å². The normalized spacial score (nSPS) is 10.3. The molecule has 0 aliphatic heterocycles. The lowest BCUT2D eigenvalue weighted by Crippen LogP contribution is -2.05. The maximum Gasteiger partial charge on any atom is 0.317 e. The predicted octanol–water partition coefficient (Wildman–Crippen LogP) is 1.83. The third-order valence-corrected chi connectivity index (χ3v) is 2.62. The molecule has 0 saturated heterocycles. The van der Waals surface area contributed by atoms with Crippen LogP contribution < -0.4 is 15.2 Å². The Morgan fingerprint density at radius 2 is 1.89 bits per heavy atom. The lowest BCUT2D eigenvalue weighted by molar-refractivity contribution is 0.279. The molecule has 0 bridgehead atoms. The summed E-state index contributed by atoms with van der Waals surface area (Å²) in [4.78, 5) is 8.43. The van der Waals surface area contributed by atoms with Gasteiger partial charge in [-0.1, -0.05) is 12.1 Å². The molecule has 1 aromatic carbocycles. The summed E-state index contributed by atoms with van der Waals surface area (Å²) >= 11 is 0. The number of benzene rings is 1. The minimum Gasteiger partial charge on any atom is -0.497 e. The Kier molecular flexibility index (Phi) is 4.30. The Labute approximate surface area is 112 Å². The van der Waals surface area contributed by atoms with Crippen molar-refractivity contribution in [1.29, 1.82) is 0 Å². The van der Waals surface area contributed by atoms with Gasteiger partial charge in [-0.2, -0.15) is 4.98 Å². The molecular weight excluding hydrogens is 242 g/mol. The van der Waals surface area contributed by atoms with Crippen LogP contribution in [-0.4, -0.2) is 17.1 Å². The molecular formula is C14H17N3O2. The molecule has 2 aromatic rings. The lowest BCUT2D eigenvalue weighted by atomic mass is 10.2. The Morgan fingerprint density at radius 1 is 1.16 bits per heavy atom. The molecule has 0 aliphatic rings. The van der Waals surface area contributed by atoms with E-state index in [0.717, 1.165) is 22.7 Å². The Hall–Kier alpha value is -2.14. The van der Waals surface area contributed by atoms with Gasteiger partial charge in [0.2, 0.25) is 0 Å². The van der Waals surface area contributed by atoms with Gasteiger partial charge in [-0.3, -0.25) is 0 Å². The molecule has 1 heterocycles. The van der Waals surface area contributed by atoms with E-state index in [9.17, 15) is 0 Å². The first-order valence-corrected chi connectivity index (χ1v) is 6.01. The van der Waals surface area contributed by atoms with Crippen LogP contribution in [0.4, 0.5) is 0 Å². The molecule has 0 fully saturated rings. The molecule has 2 rings (SSSR count). The van der Waals surface area contributed by atoms with Crippen molar-refractivity contribution in [1.82, 2.24) is 9.97 Å². The zero-order chi connectivity index (χ0) is 13.7.